The summed E-state index contributed by atoms with van der Waals surface area (Å²) in [5.74, 6) is -1.58. The Bertz CT molecular complexity index is 1460. The van der Waals surface area contributed by atoms with Gasteiger partial charge < -0.3 is 10.1 Å². The lowest BCUT2D eigenvalue weighted by Gasteiger charge is -2.23. The standard InChI is InChI=1S/C24H26F3N5O5S/c1-6-38(35,36)17-8-7-16(29-11-17)10-30-21(34)20-14(2)22(32(31-20)23(3,4)5)37-18-12-28-9-15(13-33)19(18)24(25,26)27/h7-9,11-13H,6,10H2,1-5H3,(H,30,34). The highest BCUT2D eigenvalue weighted by Gasteiger charge is 2.39. The average molecular weight is 554 g/mol. The van der Waals surface area contributed by atoms with Crippen molar-refractivity contribution in [3.05, 3.63) is 58.8 Å². The Morgan fingerprint density at radius 1 is 1.16 bits per heavy atom. The van der Waals surface area contributed by atoms with Crippen LogP contribution >= 0.6 is 0 Å². The van der Waals surface area contributed by atoms with Crippen LogP contribution in [0.15, 0.2) is 35.6 Å². The van der Waals surface area contributed by atoms with Gasteiger partial charge in [0, 0.05) is 23.5 Å². The largest absolute Gasteiger partial charge is 0.437 e. The van der Waals surface area contributed by atoms with Gasteiger partial charge in [-0.15, -0.1) is 0 Å². The van der Waals surface area contributed by atoms with Gasteiger partial charge in [-0.25, -0.2) is 13.1 Å². The second kappa shape index (κ2) is 10.5. The van der Waals surface area contributed by atoms with Crippen LogP contribution in [0.5, 0.6) is 11.6 Å². The predicted molar refractivity (Wildman–Crippen MR) is 130 cm³/mol. The Hall–Kier alpha value is -3.81. The first kappa shape index (κ1) is 28.8. The van der Waals surface area contributed by atoms with E-state index in [-0.39, 0.29) is 40.6 Å². The first-order valence-corrected chi connectivity index (χ1v) is 13.0. The molecule has 0 aromatic carbocycles. The van der Waals surface area contributed by atoms with Gasteiger partial charge in [0.1, 0.15) is 5.56 Å². The number of carbonyl (C=O) groups excluding carboxylic acids is 2. The number of aromatic nitrogens is 4. The number of amides is 1. The molecule has 0 atom stereocenters. The number of carbonyl (C=O) groups is 2. The van der Waals surface area contributed by atoms with E-state index in [9.17, 15) is 31.2 Å². The fraction of sp³-hybridized carbons (Fsp3) is 0.375. The summed E-state index contributed by atoms with van der Waals surface area (Å²) < 4.78 is 72.0. The van der Waals surface area contributed by atoms with Crippen LogP contribution in [-0.4, -0.2) is 46.1 Å². The SMILES string of the molecule is CCS(=O)(=O)c1ccc(CNC(=O)c2nn(C(C)(C)C)c(Oc3cncc(C=O)c3C(F)(F)F)c2C)nc1. The zero-order valence-electron chi connectivity index (χ0n) is 21.3. The number of rotatable bonds is 8. The van der Waals surface area contributed by atoms with Gasteiger partial charge in [0.15, 0.2) is 27.6 Å². The van der Waals surface area contributed by atoms with E-state index >= 15 is 0 Å². The quantitative estimate of drug-likeness (QED) is 0.413. The second-order valence-corrected chi connectivity index (χ2v) is 11.5. The lowest BCUT2D eigenvalue weighted by atomic mass is 10.1. The summed E-state index contributed by atoms with van der Waals surface area (Å²) in [6.45, 7) is 8.07. The third kappa shape index (κ3) is 6.01. The van der Waals surface area contributed by atoms with Crippen LogP contribution in [0.1, 0.15) is 65.4 Å². The summed E-state index contributed by atoms with van der Waals surface area (Å²) in [4.78, 5) is 32.0. The monoisotopic (exact) mass is 553 g/mol. The Morgan fingerprint density at radius 2 is 1.84 bits per heavy atom. The molecule has 10 nitrogen and oxygen atoms in total. The molecule has 1 N–H and O–H groups in total. The van der Waals surface area contributed by atoms with E-state index in [1.165, 1.54) is 36.9 Å². The molecule has 0 radical (unpaired) electrons. The van der Waals surface area contributed by atoms with Crippen molar-refractivity contribution in [2.24, 2.45) is 0 Å². The molecule has 3 aromatic heterocycles. The first-order valence-electron chi connectivity index (χ1n) is 11.3. The summed E-state index contributed by atoms with van der Waals surface area (Å²) in [5.41, 5.74) is -2.38. The Balaban J connectivity index is 1.94. The minimum absolute atomic E-state index is 0.0354. The van der Waals surface area contributed by atoms with Crippen LogP contribution in [0.3, 0.4) is 0 Å². The van der Waals surface area contributed by atoms with Crippen molar-refractivity contribution in [1.82, 2.24) is 25.1 Å². The second-order valence-electron chi connectivity index (χ2n) is 9.25. The topological polar surface area (TPSA) is 133 Å². The Labute approximate surface area is 217 Å². The summed E-state index contributed by atoms with van der Waals surface area (Å²) >= 11 is 0. The van der Waals surface area contributed by atoms with E-state index in [1.807, 2.05) is 0 Å². The molecule has 3 aromatic rings. The number of pyridine rings is 2. The predicted octanol–water partition coefficient (Wildman–Crippen LogP) is 4.08. The zero-order valence-corrected chi connectivity index (χ0v) is 22.1. The number of nitrogens with zero attached hydrogens (tertiary/aromatic N) is 4. The third-order valence-electron chi connectivity index (χ3n) is 5.44. The molecular weight excluding hydrogens is 527 g/mol. The number of halogens is 3. The molecular formula is C24H26F3N5O5S. The zero-order chi connectivity index (χ0) is 28.5. The van der Waals surface area contributed by atoms with E-state index in [4.69, 9.17) is 4.74 Å². The number of nitrogens with one attached hydrogen (secondary N) is 1. The molecule has 0 fully saturated rings. The minimum Gasteiger partial charge on any atom is -0.437 e. The highest BCUT2D eigenvalue weighted by molar-refractivity contribution is 7.91. The van der Waals surface area contributed by atoms with Crippen LogP contribution < -0.4 is 10.1 Å². The van der Waals surface area contributed by atoms with E-state index in [0.717, 1.165) is 12.4 Å². The van der Waals surface area contributed by atoms with Crippen molar-refractivity contribution in [3.63, 3.8) is 0 Å². The van der Waals surface area contributed by atoms with Crippen molar-refractivity contribution in [1.29, 1.82) is 0 Å². The smallest absolute Gasteiger partial charge is 0.420 e. The van der Waals surface area contributed by atoms with E-state index in [2.05, 4.69) is 20.4 Å². The molecule has 204 valence electrons. The number of sulfone groups is 1. The van der Waals surface area contributed by atoms with E-state index < -0.39 is 44.3 Å². The lowest BCUT2D eigenvalue weighted by molar-refractivity contribution is -0.138. The fourth-order valence-corrected chi connectivity index (χ4v) is 4.24. The first-order chi connectivity index (χ1) is 17.6. The highest BCUT2D eigenvalue weighted by atomic mass is 32.2. The fourth-order valence-electron chi connectivity index (χ4n) is 3.42. The summed E-state index contributed by atoms with van der Waals surface area (Å²) in [7, 11) is -3.42. The van der Waals surface area contributed by atoms with Crippen LogP contribution in [0, 0.1) is 6.92 Å². The summed E-state index contributed by atoms with van der Waals surface area (Å²) in [6.07, 6.45) is -2.05. The molecule has 1 amide bonds. The van der Waals surface area contributed by atoms with Gasteiger partial charge in [-0.2, -0.15) is 18.3 Å². The maximum atomic E-state index is 13.7. The molecule has 3 heterocycles. The molecule has 38 heavy (non-hydrogen) atoms. The molecule has 0 aliphatic rings. The van der Waals surface area contributed by atoms with Crippen LogP contribution in [0.4, 0.5) is 13.2 Å². The molecule has 14 heteroatoms. The number of hydrogen-bond acceptors (Lipinski definition) is 8. The van der Waals surface area contributed by atoms with E-state index in [1.54, 1.807) is 20.8 Å². The Morgan fingerprint density at radius 3 is 2.37 bits per heavy atom. The molecule has 0 saturated carbocycles. The van der Waals surface area contributed by atoms with Crippen molar-refractivity contribution in [2.75, 3.05) is 5.75 Å². The molecule has 0 spiro atoms. The normalized spacial score (nSPS) is 12.3. The van der Waals surface area contributed by atoms with Crippen molar-refractivity contribution in [2.45, 2.75) is 57.8 Å². The third-order valence-corrected chi connectivity index (χ3v) is 7.16. The molecule has 0 bridgehead atoms. The van der Waals surface area contributed by atoms with Crippen LogP contribution in [0.2, 0.25) is 0 Å². The Kier molecular flexibility index (Phi) is 7.96. The molecule has 0 aliphatic heterocycles. The van der Waals surface area contributed by atoms with Gasteiger partial charge in [0.25, 0.3) is 5.91 Å². The van der Waals surface area contributed by atoms with Gasteiger partial charge in [0.2, 0.25) is 5.88 Å². The molecule has 3 rings (SSSR count). The van der Waals surface area contributed by atoms with Crippen molar-refractivity contribution in [3.8, 4) is 11.6 Å². The summed E-state index contributed by atoms with van der Waals surface area (Å²) in [5, 5.41) is 6.91. The minimum atomic E-state index is -4.91. The maximum Gasteiger partial charge on any atom is 0.420 e. The van der Waals surface area contributed by atoms with Gasteiger partial charge in [-0.1, -0.05) is 6.92 Å². The van der Waals surface area contributed by atoms with Crippen molar-refractivity contribution >= 4 is 22.0 Å². The number of ether oxygens (including phenoxy) is 1. The van der Waals surface area contributed by atoms with Gasteiger partial charge in [0.05, 0.1) is 34.6 Å². The molecule has 0 unspecified atom stereocenters. The number of hydrogen-bond donors (Lipinski definition) is 1. The highest BCUT2D eigenvalue weighted by Crippen LogP contribution is 2.41. The molecule has 0 aliphatic carbocycles. The number of aldehydes is 1. The maximum absolute atomic E-state index is 13.7. The van der Waals surface area contributed by atoms with Crippen molar-refractivity contribution < 1.29 is 35.9 Å². The van der Waals surface area contributed by atoms with Crippen LogP contribution in [-0.2, 0) is 28.1 Å². The van der Waals surface area contributed by atoms with Gasteiger partial charge >= 0.3 is 6.18 Å². The average Bonchev–Trinajstić information content (AvgIpc) is 3.18. The van der Waals surface area contributed by atoms with E-state index in [0.29, 0.717) is 5.69 Å². The van der Waals surface area contributed by atoms with Crippen LogP contribution in [0.25, 0.3) is 0 Å². The van der Waals surface area contributed by atoms with Gasteiger partial charge in [-0.05, 0) is 39.8 Å². The van der Waals surface area contributed by atoms with Gasteiger partial charge in [-0.3, -0.25) is 19.6 Å². The summed E-state index contributed by atoms with van der Waals surface area (Å²) in [6, 6.07) is 2.85. The lowest BCUT2D eigenvalue weighted by Crippen LogP contribution is -2.27. The molecule has 0 saturated heterocycles. The number of alkyl halides is 3.